The lowest BCUT2D eigenvalue weighted by Crippen LogP contribution is -2.36. The molecule has 1 heterocycles. The lowest BCUT2D eigenvalue weighted by atomic mass is 10.1. The van der Waals surface area contributed by atoms with E-state index in [2.05, 4.69) is 29.2 Å². The summed E-state index contributed by atoms with van der Waals surface area (Å²) in [5, 5.41) is 0. The third kappa shape index (κ3) is 2.03. The summed E-state index contributed by atoms with van der Waals surface area (Å²) >= 11 is 0. The monoisotopic (exact) mass is 243 g/mol. The molecule has 4 rings (SSSR count). The quantitative estimate of drug-likeness (QED) is 0.809. The Balaban J connectivity index is 1.44. The largest absolute Gasteiger partial charge is 0.378 e. The van der Waals surface area contributed by atoms with Crippen LogP contribution in [-0.4, -0.2) is 26.3 Å². The molecule has 0 spiro atoms. The van der Waals surface area contributed by atoms with Crippen molar-refractivity contribution < 1.29 is 4.74 Å². The maximum atomic E-state index is 5.40. The first kappa shape index (κ1) is 10.9. The first-order valence-electron chi connectivity index (χ1n) is 7.34. The Bertz CT molecular complexity index is 417. The predicted molar refractivity (Wildman–Crippen MR) is 73.0 cm³/mol. The number of hydrogen-bond acceptors (Lipinski definition) is 2. The summed E-state index contributed by atoms with van der Waals surface area (Å²) in [7, 11) is 0. The number of nitrogens with zero attached hydrogens (tertiary/aromatic N) is 1. The van der Waals surface area contributed by atoms with Crippen molar-refractivity contribution in [1.29, 1.82) is 0 Å². The van der Waals surface area contributed by atoms with Gasteiger partial charge < -0.3 is 9.64 Å². The summed E-state index contributed by atoms with van der Waals surface area (Å²) in [4.78, 5) is 2.43. The summed E-state index contributed by atoms with van der Waals surface area (Å²) < 4.78 is 5.40. The molecule has 2 aliphatic carbocycles. The fourth-order valence-corrected chi connectivity index (χ4v) is 3.40. The van der Waals surface area contributed by atoms with Gasteiger partial charge in [-0.1, -0.05) is 12.1 Å². The molecule has 1 aromatic rings. The number of rotatable bonds is 3. The van der Waals surface area contributed by atoms with Gasteiger partial charge in [-0.3, -0.25) is 0 Å². The summed E-state index contributed by atoms with van der Waals surface area (Å²) in [6.07, 6.45) is 4.43. The summed E-state index contributed by atoms with van der Waals surface area (Å²) in [5.74, 6) is 2.99. The van der Waals surface area contributed by atoms with Crippen molar-refractivity contribution in [2.24, 2.45) is 11.8 Å². The van der Waals surface area contributed by atoms with E-state index in [1.54, 1.807) is 5.56 Å². The van der Waals surface area contributed by atoms with Gasteiger partial charge >= 0.3 is 0 Å². The van der Waals surface area contributed by atoms with Crippen LogP contribution < -0.4 is 4.90 Å². The molecule has 3 aliphatic rings. The molecule has 2 atom stereocenters. The highest BCUT2D eigenvalue weighted by Crippen LogP contribution is 2.59. The van der Waals surface area contributed by atoms with E-state index in [0.717, 1.165) is 44.1 Å². The number of morpholine rings is 1. The molecule has 0 unspecified atom stereocenters. The number of ether oxygens (including phenoxy) is 1. The van der Waals surface area contributed by atoms with Crippen LogP contribution in [0.3, 0.4) is 0 Å². The van der Waals surface area contributed by atoms with Gasteiger partial charge in [0.2, 0.25) is 0 Å². The van der Waals surface area contributed by atoms with Crippen LogP contribution in [0.4, 0.5) is 5.69 Å². The molecular formula is C16H21NO. The van der Waals surface area contributed by atoms with Gasteiger partial charge in [-0.15, -0.1) is 0 Å². The zero-order valence-electron chi connectivity index (χ0n) is 10.8. The maximum absolute atomic E-state index is 5.40. The van der Waals surface area contributed by atoms with E-state index in [1.807, 2.05) is 0 Å². The van der Waals surface area contributed by atoms with Gasteiger partial charge in [-0.25, -0.2) is 0 Å². The van der Waals surface area contributed by atoms with E-state index in [-0.39, 0.29) is 0 Å². The number of benzene rings is 1. The van der Waals surface area contributed by atoms with Gasteiger partial charge in [0.15, 0.2) is 0 Å². The Labute approximate surface area is 109 Å². The zero-order valence-corrected chi connectivity index (χ0v) is 10.8. The van der Waals surface area contributed by atoms with Crippen LogP contribution in [0.1, 0.15) is 30.7 Å². The highest BCUT2D eigenvalue weighted by molar-refractivity contribution is 5.49. The molecule has 1 aromatic carbocycles. The Hall–Kier alpha value is -1.02. The van der Waals surface area contributed by atoms with Crippen LogP contribution in [-0.2, 0) is 4.74 Å². The van der Waals surface area contributed by atoms with Crippen molar-refractivity contribution in [1.82, 2.24) is 0 Å². The predicted octanol–water partition coefficient (Wildman–Crippen LogP) is 3.04. The summed E-state index contributed by atoms with van der Waals surface area (Å²) in [6, 6.07) is 9.33. The van der Waals surface area contributed by atoms with Gasteiger partial charge in [0, 0.05) is 18.8 Å². The molecule has 2 saturated carbocycles. The minimum atomic E-state index is 0.869. The second kappa shape index (κ2) is 4.27. The zero-order chi connectivity index (χ0) is 11.9. The van der Waals surface area contributed by atoms with Crippen molar-refractivity contribution in [3.63, 3.8) is 0 Å². The van der Waals surface area contributed by atoms with E-state index in [0.29, 0.717) is 0 Å². The minimum absolute atomic E-state index is 0.869. The van der Waals surface area contributed by atoms with Crippen LogP contribution >= 0.6 is 0 Å². The van der Waals surface area contributed by atoms with Crippen molar-refractivity contribution in [2.75, 3.05) is 31.2 Å². The number of hydrogen-bond donors (Lipinski definition) is 0. The third-order valence-corrected chi connectivity index (χ3v) is 4.76. The van der Waals surface area contributed by atoms with E-state index >= 15 is 0 Å². The highest BCUT2D eigenvalue weighted by atomic mass is 16.5. The van der Waals surface area contributed by atoms with Crippen LogP contribution in [0.15, 0.2) is 24.3 Å². The van der Waals surface area contributed by atoms with E-state index in [4.69, 9.17) is 4.74 Å². The second-order valence-electron chi connectivity index (χ2n) is 6.03. The van der Waals surface area contributed by atoms with E-state index in [1.165, 1.54) is 24.9 Å². The lowest BCUT2D eigenvalue weighted by molar-refractivity contribution is 0.122. The molecule has 0 amide bonds. The van der Waals surface area contributed by atoms with Crippen molar-refractivity contribution in [3.8, 4) is 0 Å². The molecule has 2 heteroatoms. The molecule has 0 bridgehead atoms. The summed E-state index contributed by atoms with van der Waals surface area (Å²) in [6.45, 7) is 3.81. The Kier molecular flexibility index (Phi) is 2.58. The lowest BCUT2D eigenvalue weighted by Gasteiger charge is -2.28. The molecule has 0 N–H and O–H groups in total. The maximum Gasteiger partial charge on any atom is 0.0642 e. The van der Waals surface area contributed by atoms with Gasteiger partial charge in [-0.2, -0.15) is 0 Å². The van der Waals surface area contributed by atoms with Crippen LogP contribution in [0.25, 0.3) is 0 Å². The molecule has 1 saturated heterocycles. The molecule has 3 fully saturated rings. The van der Waals surface area contributed by atoms with Gasteiger partial charge in [-0.05, 0) is 54.7 Å². The summed E-state index contributed by atoms with van der Waals surface area (Å²) in [5.41, 5.74) is 2.94. The van der Waals surface area contributed by atoms with Crippen molar-refractivity contribution in [2.45, 2.75) is 25.2 Å². The Morgan fingerprint density at radius 3 is 2.39 bits per heavy atom. The van der Waals surface area contributed by atoms with Gasteiger partial charge in [0.05, 0.1) is 13.2 Å². The second-order valence-corrected chi connectivity index (χ2v) is 6.03. The van der Waals surface area contributed by atoms with Gasteiger partial charge in [0.1, 0.15) is 0 Å². The third-order valence-electron chi connectivity index (χ3n) is 4.76. The molecule has 2 nitrogen and oxygen atoms in total. The SMILES string of the molecule is c1cc(N2CCOCC2)ccc1[C@H]1C[C@@H]1C1CC1. The first-order chi connectivity index (χ1) is 8.92. The van der Waals surface area contributed by atoms with Crippen molar-refractivity contribution >= 4 is 5.69 Å². The first-order valence-corrected chi connectivity index (χ1v) is 7.34. The molecule has 18 heavy (non-hydrogen) atoms. The fraction of sp³-hybridized carbons (Fsp3) is 0.625. The fourth-order valence-electron chi connectivity index (χ4n) is 3.40. The van der Waals surface area contributed by atoms with Crippen LogP contribution in [0.2, 0.25) is 0 Å². The van der Waals surface area contributed by atoms with Crippen molar-refractivity contribution in [3.05, 3.63) is 29.8 Å². The molecule has 1 aliphatic heterocycles. The Morgan fingerprint density at radius 2 is 1.72 bits per heavy atom. The van der Waals surface area contributed by atoms with Crippen LogP contribution in [0.5, 0.6) is 0 Å². The van der Waals surface area contributed by atoms with Gasteiger partial charge in [0.25, 0.3) is 0 Å². The molecule has 0 radical (unpaired) electrons. The van der Waals surface area contributed by atoms with Crippen LogP contribution in [0, 0.1) is 11.8 Å². The number of anilines is 1. The normalized spacial score (nSPS) is 31.4. The molecule has 0 aromatic heterocycles. The van der Waals surface area contributed by atoms with E-state index < -0.39 is 0 Å². The average molecular weight is 243 g/mol. The molecular weight excluding hydrogens is 222 g/mol. The van der Waals surface area contributed by atoms with E-state index in [9.17, 15) is 0 Å². The topological polar surface area (TPSA) is 12.5 Å². The smallest absolute Gasteiger partial charge is 0.0642 e. The average Bonchev–Trinajstić information content (AvgIpc) is 3.30. The standard InChI is InChI=1S/C16H21NO/c1-2-12(1)15-11-16(15)13-3-5-14(6-4-13)17-7-9-18-10-8-17/h3-6,12,15-16H,1-2,7-11H2/t15-,16-/m1/s1. The molecule has 96 valence electrons. The minimum Gasteiger partial charge on any atom is -0.378 e. The Morgan fingerprint density at radius 1 is 1.00 bits per heavy atom. The highest BCUT2D eigenvalue weighted by Gasteiger charge is 2.47.